The summed E-state index contributed by atoms with van der Waals surface area (Å²) in [6.45, 7) is 0.304. The Labute approximate surface area is 206 Å². The Hall–Kier alpha value is -4.53. The molecule has 0 fully saturated rings. The number of nitrogens with zero attached hydrogens (tertiary/aromatic N) is 1. The number of methoxy groups -OCH3 is 3. The van der Waals surface area contributed by atoms with Crippen LogP contribution in [-0.4, -0.2) is 60.6 Å². The number of aromatic hydroxyl groups is 1. The summed E-state index contributed by atoms with van der Waals surface area (Å²) in [4.78, 5) is 45.1. The summed E-state index contributed by atoms with van der Waals surface area (Å²) in [5, 5.41) is 11.1. The monoisotopic (exact) mass is 488 g/mol. The molecule has 0 saturated carbocycles. The molecule has 0 amide bonds. The number of fused-ring (bicyclic) bond motifs is 5. The van der Waals surface area contributed by atoms with E-state index < -0.39 is 23.3 Å². The second kappa shape index (κ2) is 8.60. The Balaban J connectivity index is 1.77. The van der Waals surface area contributed by atoms with Gasteiger partial charge in [0.25, 0.3) is 0 Å². The highest BCUT2D eigenvalue weighted by molar-refractivity contribution is 6.14. The van der Waals surface area contributed by atoms with Gasteiger partial charge in [0.05, 0.1) is 38.2 Å². The third kappa shape index (κ3) is 3.19. The number of aromatic nitrogens is 1. The molecule has 184 valence electrons. The van der Waals surface area contributed by atoms with Crippen molar-refractivity contribution in [2.75, 3.05) is 27.9 Å². The molecule has 0 saturated heterocycles. The minimum absolute atomic E-state index is 0.0717. The predicted molar refractivity (Wildman–Crippen MR) is 130 cm³/mol. The molecule has 1 unspecified atom stereocenters. The molecule has 3 aromatic rings. The van der Waals surface area contributed by atoms with Crippen LogP contribution in [0.5, 0.6) is 11.5 Å². The van der Waals surface area contributed by atoms with Gasteiger partial charge in [0, 0.05) is 29.2 Å². The normalized spacial score (nSPS) is 18.5. The Kier molecular flexibility index (Phi) is 5.55. The van der Waals surface area contributed by atoms with Crippen molar-refractivity contribution < 1.29 is 33.7 Å². The fourth-order valence-electron chi connectivity index (χ4n) is 5.12. The number of nitrogens with one attached hydrogen (secondary N) is 1. The highest BCUT2D eigenvalue weighted by Crippen LogP contribution is 2.48. The lowest BCUT2D eigenvalue weighted by Crippen LogP contribution is -2.58. The molecule has 1 atom stereocenters. The Morgan fingerprint density at radius 1 is 1.06 bits per heavy atom. The molecule has 36 heavy (non-hydrogen) atoms. The van der Waals surface area contributed by atoms with Gasteiger partial charge in [-0.25, -0.2) is 9.59 Å². The van der Waals surface area contributed by atoms with Crippen molar-refractivity contribution in [2.45, 2.75) is 12.0 Å². The zero-order chi connectivity index (χ0) is 25.6. The number of ether oxygens (including phenoxy) is 3. The van der Waals surface area contributed by atoms with E-state index in [-0.39, 0.29) is 22.5 Å². The first-order valence-electron chi connectivity index (χ1n) is 11.3. The molecule has 5 rings (SSSR count). The van der Waals surface area contributed by atoms with Crippen molar-refractivity contribution in [3.05, 3.63) is 82.7 Å². The van der Waals surface area contributed by atoms with Crippen molar-refractivity contribution in [3.63, 3.8) is 0 Å². The largest absolute Gasteiger partial charge is 0.507 e. The van der Waals surface area contributed by atoms with Gasteiger partial charge in [0.15, 0.2) is 5.78 Å². The molecule has 2 N–H and O–H groups in total. The first-order chi connectivity index (χ1) is 17.4. The number of carbonyl (C=O) groups is 3. The van der Waals surface area contributed by atoms with Gasteiger partial charge in [0.1, 0.15) is 11.5 Å². The van der Waals surface area contributed by atoms with Crippen LogP contribution in [0, 0.1) is 0 Å². The van der Waals surface area contributed by atoms with Crippen LogP contribution >= 0.6 is 0 Å². The molecule has 2 aliphatic heterocycles. The molecule has 3 heterocycles. The topological polar surface area (TPSA) is 118 Å². The number of para-hydroxylation sites is 1. The number of hydrogen-bond donors (Lipinski definition) is 2. The second-order valence-corrected chi connectivity index (χ2v) is 8.52. The standard InChI is InChI=1S/C27H24N2O7/c1-34-16-8-9-21-19(13-16)17-10-11-29-14-15(23(31)18-6-4-5-7-22(18)30)12-20(25(32)35-2)27(29,24(17)28-21)26(33)36-3/h4-9,12-14,28,30H,10-11H2,1-3H3. The number of phenolic OH excluding ortho intramolecular Hbond substituents is 1. The zero-order valence-corrected chi connectivity index (χ0v) is 20.0. The highest BCUT2D eigenvalue weighted by atomic mass is 16.5. The van der Waals surface area contributed by atoms with Crippen molar-refractivity contribution in [2.24, 2.45) is 0 Å². The van der Waals surface area contributed by atoms with Gasteiger partial charge in [0.2, 0.25) is 5.54 Å². The number of esters is 2. The van der Waals surface area contributed by atoms with Gasteiger partial charge in [-0.2, -0.15) is 0 Å². The first-order valence-corrected chi connectivity index (χ1v) is 11.3. The smallest absolute Gasteiger partial charge is 0.343 e. The van der Waals surface area contributed by atoms with Crippen LogP contribution in [0.15, 0.2) is 65.9 Å². The van der Waals surface area contributed by atoms with Crippen molar-refractivity contribution in [1.82, 2.24) is 9.88 Å². The summed E-state index contributed by atoms with van der Waals surface area (Å²) >= 11 is 0. The van der Waals surface area contributed by atoms with E-state index in [4.69, 9.17) is 14.2 Å². The van der Waals surface area contributed by atoms with Gasteiger partial charge in [-0.15, -0.1) is 0 Å². The number of Topliss-reactive ketones (excluding diaryl/α,β-unsaturated/α-hetero) is 1. The summed E-state index contributed by atoms with van der Waals surface area (Å²) in [5.74, 6) is -1.53. The van der Waals surface area contributed by atoms with E-state index in [1.807, 2.05) is 12.1 Å². The number of H-pyrrole nitrogens is 1. The second-order valence-electron chi connectivity index (χ2n) is 8.52. The summed E-state index contributed by atoms with van der Waals surface area (Å²) in [5.41, 5.74) is 0.482. The molecule has 0 aliphatic carbocycles. The number of ketones is 1. The van der Waals surface area contributed by atoms with E-state index in [2.05, 4.69) is 4.98 Å². The quantitative estimate of drug-likeness (QED) is 0.416. The number of hydrogen-bond acceptors (Lipinski definition) is 8. The number of aromatic amines is 1. The summed E-state index contributed by atoms with van der Waals surface area (Å²) < 4.78 is 15.7. The highest BCUT2D eigenvalue weighted by Gasteiger charge is 2.58. The van der Waals surface area contributed by atoms with E-state index >= 15 is 0 Å². The molecule has 0 radical (unpaired) electrons. The third-order valence-electron chi connectivity index (χ3n) is 6.79. The maximum atomic E-state index is 13.6. The van der Waals surface area contributed by atoms with Crippen LogP contribution in [0.3, 0.4) is 0 Å². The van der Waals surface area contributed by atoms with Crippen LogP contribution in [0.4, 0.5) is 0 Å². The maximum absolute atomic E-state index is 13.6. The SMILES string of the molecule is COC(=O)C1=CC(C(=O)c2ccccc2O)=CN2CCc3c([nH]c4ccc(OC)cc34)C12C(=O)OC. The van der Waals surface area contributed by atoms with Crippen LogP contribution in [0.25, 0.3) is 10.9 Å². The fourth-order valence-corrected chi connectivity index (χ4v) is 5.12. The summed E-state index contributed by atoms with van der Waals surface area (Å²) in [7, 11) is 4.03. The molecule has 0 bridgehead atoms. The lowest BCUT2D eigenvalue weighted by atomic mass is 9.75. The lowest BCUT2D eigenvalue weighted by molar-refractivity contribution is -0.156. The van der Waals surface area contributed by atoms with Gasteiger partial charge in [-0.1, -0.05) is 12.1 Å². The molecular formula is C27H24N2O7. The lowest BCUT2D eigenvalue weighted by Gasteiger charge is -2.46. The van der Waals surface area contributed by atoms with Crippen molar-refractivity contribution in [1.29, 1.82) is 0 Å². The van der Waals surface area contributed by atoms with E-state index in [1.165, 1.54) is 38.6 Å². The molecule has 2 aromatic carbocycles. The van der Waals surface area contributed by atoms with Gasteiger partial charge in [-0.3, -0.25) is 4.79 Å². The zero-order valence-electron chi connectivity index (χ0n) is 20.0. The summed E-state index contributed by atoms with van der Waals surface area (Å²) in [6.07, 6.45) is 3.40. The molecule has 0 spiro atoms. The maximum Gasteiger partial charge on any atom is 0.343 e. The first kappa shape index (κ1) is 23.2. The summed E-state index contributed by atoms with van der Waals surface area (Å²) in [6, 6.07) is 11.7. The van der Waals surface area contributed by atoms with Gasteiger partial charge in [-0.05, 0) is 48.4 Å². The Bertz CT molecular complexity index is 1480. The molecule has 1 aromatic heterocycles. The van der Waals surface area contributed by atoms with E-state index in [9.17, 15) is 19.5 Å². The van der Waals surface area contributed by atoms with Crippen LogP contribution in [0.1, 0.15) is 21.6 Å². The number of carbonyl (C=O) groups excluding carboxylic acids is 3. The van der Waals surface area contributed by atoms with Crippen LogP contribution in [0.2, 0.25) is 0 Å². The number of rotatable bonds is 5. The minimum Gasteiger partial charge on any atom is -0.507 e. The average Bonchev–Trinajstić information content (AvgIpc) is 3.29. The van der Waals surface area contributed by atoms with E-state index in [0.29, 0.717) is 24.4 Å². The average molecular weight is 488 g/mol. The minimum atomic E-state index is -1.70. The van der Waals surface area contributed by atoms with Crippen LogP contribution in [-0.2, 0) is 31.0 Å². The van der Waals surface area contributed by atoms with Crippen molar-refractivity contribution >= 4 is 28.6 Å². The Morgan fingerprint density at radius 2 is 1.83 bits per heavy atom. The molecular weight excluding hydrogens is 464 g/mol. The van der Waals surface area contributed by atoms with Crippen LogP contribution < -0.4 is 4.74 Å². The van der Waals surface area contributed by atoms with Crippen molar-refractivity contribution in [3.8, 4) is 11.5 Å². The van der Waals surface area contributed by atoms with Gasteiger partial charge < -0.3 is 29.2 Å². The molecule has 9 heteroatoms. The van der Waals surface area contributed by atoms with E-state index in [0.717, 1.165) is 16.5 Å². The fraction of sp³-hybridized carbons (Fsp3) is 0.222. The third-order valence-corrected chi connectivity index (χ3v) is 6.79. The molecule has 2 aliphatic rings. The predicted octanol–water partition coefficient (Wildman–Crippen LogP) is 2.99. The number of allylic oxidation sites excluding steroid dienone is 2. The number of phenols is 1. The van der Waals surface area contributed by atoms with E-state index in [1.54, 1.807) is 30.2 Å². The molecule has 9 nitrogen and oxygen atoms in total. The Morgan fingerprint density at radius 3 is 2.53 bits per heavy atom. The number of benzene rings is 2. The van der Waals surface area contributed by atoms with Gasteiger partial charge >= 0.3 is 11.9 Å².